The number of hydrogen-bond donors (Lipinski definition) is 2. The van der Waals surface area contributed by atoms with E-state index >= 15 is 0 Å². The normalized spacial score (nSPS) is 19.9. The first-order valence-corrected chi connectivity index (χ1v) is 6.31. The minimum Gasteiger partial charge on any atom is -0.507 e. The SMILES string of the molecule is O=C(O)CC1CCSc2c(O)cccc2C1. The van der Waals surface area contributed by atoms with E-state index in [4.69, 9.17) is 5.11 Å². The summed E-state index contributed by atoms with van der Waals surface area (Å²) < 4.78 is 0. The van der Waals surface area contributed by atoms with Crippen LogP contribution in [0.3, 0.4) is 0 Å². The topological polar surface area (TPSA) is 57.5 Å². The van der Waals surface area contributed by atoms with Crippen LogP contribution >= 0.6 is 11.8 Å². The number of thioether (sulfide) groups is 1. The van der Waals surface area contributed by atoms with E-state index in [-0.39, 0.29) is 12.3 Å². The number of phenols is 1. The highest BCUT2D eigenvalue weighted by atomic mass is 32.2. The average Bonchev–Trinajstić information content (AvgIpc) is 2.39. The fourth-order valence-electron chi connectivity index (χ4n) is 2.06. The number of aromatic hydroxyl groups is 1. The molecule has 2 N–H and O–H groups in total. The van der Waals surface area contributed by atoms with Crippen molar-refractivity contribution >= 4 is 17.7 Å². The summed E-state index contributed by atoms with van der Waals surface area (Å²) in [6, 6.07) is 5.48. The molecule has 1 aromatic rings. The molecule has 1 unspecified atom stereocenters. The average molecular weight is 238 g/mol. The summed E-state index contributed by atoms with van der Waals surface area (Å²) in [6.07, 6.45) is 1.86. The fraction of sp³-hybridized carbons (Fsp3) is 0.417. The highest BCUT2D eigenvalue weighted by molar-refractivity contribution is 7.99. The first-order valence-electron chi connectivity index (χ1n) is 5.32. The maximum atomic E-state index is 10.7. The van der Waals surface area contributed by atoms with E-state index in [1.807, 2.05) is 12.1 Å². The molecule has 0 radical (unpaired) electrons. The molecule has 0 bridgehead atoms. The first kappa shape index (κ1) is 11.3. The molecule has 0 aliphatic carbocycles. The second-order valence-corrected chi connectivity index (χ2v) is 5.18. The van der Waals surface area contributed by atoms with Crippen LogP contribution in [0.5, 0.6) is 5.75 Å². The lowest BCUT2D eigenvalue weighted by Gasteiger charge is -2.11. The van der Waals surface area contributed by atoms with Crippen molar-refractivity contribution in [3.05, 3.63) is 23.8 Å². The smallest absolute Gasteiger partial charge is 0.303 e. The third-order valence-electron chi connectivity index (χ3n) is 2.82. The minimum atomic E-state index is -0.737. The standard InChI is InChI=1S/C12H14O3S/c13-10-3-1-2-9-6-8(7-11(14)15)4-5-16-12(9)10/h1-3,8,13H,4-7H2,(H,14,15). The van der Waals surface area contributed by atoms with Gasteiger partial charge in [0.05, 0.1) is 4.90 Å². The van der Waals surface area contributed by atoms with E-state index in [0.717, 1.165) is 29.1 Å². The molecule has 16 heavy (non-hydrogen) atoms. The number of benzene rings is 1. The van der Waals surface area contributed by atoms with Gasteiger partial charge in [0.15, 0.2) is 0 Å². The van der Waals surface area contributed by atoms with Crippen molar-refractivity contribution < 1.29 is 15.0 Å². The summed E-state index contributed by atoms with van der Waals surface area (Å²) in [5.74, 6) is 0.646. The van der Waals surface area contributed by atoms with E-state index < -0.39 is 5.97 Å². The van der Waals surface area contributed by atoms with Crippen molar-refractivity contribution in [1.29, 1.82) is 0 Å². The van der Waals surface area contributed by atoms with Gasteiger partial charge in [0.25, 0.3) is 0 Å². The number of aliphatic carboxylic acids is 1. The zero-order valence-electron chi connectivity index (χ0n) is 8.85. The molecule has 1 atom stereocenters. The molecule has 4 heteroatoms. The van der Waals surface area contributed by atoms with E-state index in [9.17, 15) is 9.90 Å². The lowest BCUT2D eigenvalue weighted by molar-refractivity contribution is -0.138. The maximum absolute atomic E-state index is 10.7. The second-order valence-electron chi connectivity index (χ2n) is 4.07. The predicted molar refractivity (Wildman–Crippen MR) is 62.9 cm³/mol. The first-order chi connectivity index (χ1) is 7.66. The van der Waals surface area contributed by atoms with Gasteiger partial charge >= 0.3 is 5.97 Å². The summed E-state index contributed by atoms with van der Waals surface area (Å²) in [4.78, 5) is 11.6. The van der Waals surface area contributed by atoms with Gasteiger partial charge in [-0.05, 0) is 36.1 Å². The monoisotopic (exact) mass is 238 g/mol. The highest BCUT2D eigenvalue weighted by Crippen LogP contribution is 2.37. The van der Waals surface area contributed by atoms with Gasteiger partial charge in [-0.2, -0.15) is 0 Å². The van der Waals surface area contributed by atoms with Crippen molar-refractivity contribution in [2.24, 2.45) is 5.92 Å². The number of carboxylic acid groups (broad SMARTS) is 1. The summed E-state index contributed by atoms with van der Waals surface area (Å²) in [6.45, 7) is 0. The van der Waals surface area contributed by atoms with Gasteiger partial charge in [-0.15, -0.1) is 11.8 Å². The molecular weight excluding hydrogens is 224 g/mol. The van der Waals surface area contributed by atoms with Gasteiger partial charge in [0.2, 0.25) is 0 Å². The van der Waals surface area contributed by atoms with Crippen LogP contribution in [0.4, 0.5) is 0 Å². The maximum Gasteiger partial charge on any atom is 0.303 e. The van der Waals surface area contributed by atoms with Crippen molar-refractivity contribution in [3.63, 3.8) is 0 Å². The Morgan fingerprint density at radius 1 is 1.50 bits per heavy atom. The molecule has 0 amide bonds. The van der Waals surface area contributed by atoms with Crippen molar-refractivity contribution in [2.45, 2.75) is 24.2 Å². The molecule has 0 fully saturated rings. The Hall–Kier alpha value is -1.16. The largest absolute Gasteiger partial charge is 0.507 e. The van der Waals surface area contributed by atoms with Crippen molar-refractivity contribution in [1.82, 2.24) is 0 Å². The quantitative estimate of drug-likeness (QED) is 0.831. The van der Waals surface area contributed by atoms with Gasteiger partial charge in [0.1, 0.15) is 5.75 Å². The van der Waals surface area contributed by atoms with Crippen molar-refractivity contribution in [2.75, 3.05) is 5.75 Å². The van der Waals surface area contributed by atoms with Gasteiger partial charge in [-0.3, -0.25) is 4.79 Å². The fourth-order valence-corrected chi connectivity index (χ4v) is 3.27. The number of rotatable bonds is 2. The van der Waals surface area contributed by atoms with Crippen LogP contribution in [-0.4, -0.2) is 21.9 Å². The summed E-state index contributed by atoms with van der Waals surface area (Å²) in [5, 5.41) is 18.5. The van der Waals surface area contributed by atoms with Gasteiger partial charge in [-0.1, -0.05) is 12.1 Å². The molecule has 0 saturated carbocycles. The molecule has 1 aliphatic heterocycles. The Labute approximate surface area is 98.5 Å². The Balaban J connectivity index is 2.21. The minimum absolute atomic E-state index is 0.188. The molecule has 1 heterocycles. The molecule has 86 valence electrons. The molecule has 0 spiro atoms. The third kappa shape index (κ3) is 2.50. The number of phenolic OH excluding ortho intramolecular Hbond substituents is 1. The third-order valence-corrected chi connectivity index (χ3v) is 4.02. The number of hydrogen-bond acceptors (Lipinski definition) is 3. The van der Waals surface area contributed by atoms with Crippen molar-refractivity contribution in [3.8, 4) is 5.75 Å². The second kappa shape index (κ2) is 4.78. The molecule has 0 aromatic heterocycles. The summed E-state index contributed by atoms with van der Waals surface area (Å²) in [5.41, 5.74) is 1.08. The van der Waals surface area contributed by atoms with Gasteiger partial charge in [0, 0.05) is 6.42 Å². The van der Waals surface area contributed by atoms with E-state index in [2.05, 4.69) is 0 Å². The van der Waals surface area contributed by atoms with Crippen LogP contribution < -0.4 is 0 Å². The number of fused-ring (bicyclic) bond motifs is 1. The van der Waals surface area contributed by atoms with Crippen LogP contribution in [0.25, 0.3) is 0 Å². The summed E-state index contributed by atoms with van der Waals surface area (Å²) in [7, 11) is 0. The Kier molecular flexibility index (Phi) is 3.39. The zero-order chi connectivity index (χ0) is 11.5. The van der Waals surface area contributed by atoms with Gasteiger partial charge in [-0.25, -0.2) is 0 Å². The zero-order valence-corrected chi connectivity index (χ0v) is 9.67. The molecule has 3 nitrogen and oxygen atoms in total. The Morgan fingerprint density at radius 2 is 2.31 bits per heavy atom. The molecule has 1 aromatic carbocycles. The number of carbonyl (C=O) groups is 1. The van der Waals surface area contributed by atoms with E-state index in [1.54, 1.807) is 17.8 Å². The van der Waals surface area contributed by atoms with E-state index in [1.165, 1.54) is 0 Å². The van der Waals surface area contributed by atoms with Gasteiger partial charge < -0.3 is 10.2 Å². The lowest BCUT2D eigenvalue weighted by atomic mass is 9.94. The Bertz CT molecular complexity index is 403. The van der Waals surface area contributed by atoms with E-state index in [0.29, 0.717) is 5.75 Å². The Morgan fingerprint density at radius 3 is 3.06 bits per heavy atom. The van der Waals surface area contributed by atoms with Crippen LogP contribution in [-0.2, 0) is 11.2 Å². The van der Waals surface area contributed by atoms with Crippen LogP contribution in [0.2, 0.25) is 0 Å². The number of carboxylic acids is 1. The molecule has 2 rings (SSSR count). The molecule has 0 saturated heterocycles. The predicted octanol–water partition coefficient (Wildman–Crippen LogP) is 2.52. The lowest BCUT2D eigenvalue weighted by Crippen LogP contribution is -2.10. The van der Waals surface area contributed by atoms with Crippen LogP contribution in [0.15, 0.2) is 23.1 Å². The van der Waals surface area contributed by atoms with Crippen LogP contribution in [0.1, 0.15) is 18.4 Å². The summed E-state index contributed by atoms with van der Waals surface area (Å²) >= 11 is 1.62. The highest BCUT2D eigenvalue weighted by Gasteiger charge is 2.20. The molecular formula is C12H14O3S. The van der Waals surface area contributed by atoms with Crippen LogP contribution in [0, 0.1) is 5.92 Å². The molecule has 1 aliphatic rings.